The number of aryl methyl sites for hydroxylation is 1. The van der Waals surface area contributed by atoms with Gasteiger partial charge in [0.1, 0.15) is 5.82 Å². The normalized spacial score (nSPS) is 18.1. The van der Waals surface area contributed by atoms with Gasteiger partial charge in [0.15, 0.2) is 5.82 Å². The lowest BCUT2D eigenvalue weighted by molar-refractivity contribution is 0.392. The molecule has 0 radical (unpaired) electrons. The van der Waals surface area contributed by atoms with E-state index in [1.54, 1.807) is 0 Å². The average Bonchev–Trinajstić information content (AvgIpc) is 2.61. The van der Waals surface area contributed by atoms with Crippen molar-refractivity contribution in [3.63, 3.8) is 0 Å². The highest BCUT2D eigenvalue weighted by atomic mass is 15.0. The van der Waals surface area contributed by atoms with Crippen LogP contribution < -0.4 is 10.6 Å². The number of rotatable bonds is 5. The molecule has 116 valence electrons. The van der Waals surface area contributed by atoms with E-state index in [1.807, 2.05) is 18.2 Å². The molecule has 2 aromatic rings. The Morgan fingerprint density at radius 3 is 2.82 bits per heavy atom. The van der Waals surface area contributed by atoms with Crippen molar-refractivity contribution in [2.24, 2.45) is 5.92 Å². The van der Waals surface area contributed by atoms with E-state index in [0.717, 1.165) is 49.0 Å². The average molecular weight is 296 g/mol. The Hall–Kier alpha value is -1.94. The van der Waals surface area contributed by atoms with Gasteiger partial charge in [-0.15, -0.1) is 0 Å². The topological polar surface area (TPSA) is 49.8 Å². The highest BCUT2D eigenvalue weighted by Crippen LogP contribution is 2.19. The van der Waals surface area contributed by atoms with Crippen LogP contribution in [-0.2, 0) is 6.42 Å². The minimum absolute atomic E-state index is 0.689. The SMILES string of the molecule is CCc1cc(NCC2CCCNC2)nc(-c2ccccc2)n1. The van der Waals surface area contributed by atoms with Crippen LogP contribution in [-0.4, -0.2) is 29.6 Å². The first kappa shape index (κ1) is 15.0. The van der Waals surface area contributed by atoms with Crippen molar-refractivity contribution in [2.75, 3.05) is 25.0 Å². The molecule has 0 bridgehead atoms. The molecular weight excluding hydrogens is 272 g/mol. The standard InChI is InChI=1S/C18H24N4/c1-2-16-11-17(20-13-14-7-6-10-19-12-14)22-18(21-16)15-8-4-3-5-9-15/h3-5,8-9,11,14,19H,2,6-7,10,12-13H2,1H3,(H,20,21,22). The molecule has 1 aromatic heterocycles. The Balaban J connectivity index is 1.75. The summed E-state index contributed by atoms with van der Waals surface area (Å²) in [6, 6.07) is 12.3. The van der Waals surface area contributed by atoms with E-state index in [0.29, 0.717) is 5.92 Å². The van der Waals surface area contributed by atoms with E-state index >= 15 is 0 Å². The van der Waals surface area contributed by atoms with Crippen LogP contribution in [0, 0.1) is 5.92 Å². The van der Waals surface area contributed by atoms with Gasteiger partial charge in [-0.2, -0.15) is 0 Å². The van der Waals surface area contributed by atoms with Gasteiger partial charge in [0, 0.05) is 23.9 Å². The lowest BCUT2D eigenvalue weighted by Crippen LogP contribution is -2.33. The molecule has 0 aliphatic carbocycles. The van der Waals surface area contributed by atoms with Crippen molar-refractivity contribution in [1.82, 2.24) is 15.3 Å². The predicted octanol–water partition coefficient (Wildman–Crippen LogP) is 3.12. The highest BCUT2D eigenvalue weighted by molar-refractivity contribution is 5.57. The first-order valence-corrected chi connectivity index (χ1v) is 8.23. The second-order valence-electron chi connectivity index (χ2n) is 5.88. The summed E-state index contributed by atoms with van der Waals surface area (Å²) < 4.78 is 0. The molecule has 4 nitrogen and oxygen atoms in total. The molecule has 2 heterocycles. The van der Waals surface area contributed by atoms with Crippen molar-refractivity contribution in [3.8, 4) is 11.4 Å². The fraction of sp³-hybridized carbons (Fsp3) is 0.444. The van der Waals surface area contributed by atoms with Crippen LogP contribution >= 0.6 is 0 Å². The van der Waals surface area contributed by atoms with Gasteiger partial charge in [-0.25, -0.2) is 9.97 Å². The molecule has 1 atom stereocenters. The van der Waals surface area contributed by atoms with E-state index in [9.17, 15) is 0 Å². The van der Waals surface area contributed by atoms with Crippen molar-refractivity contribution in [2.45, 2.75) is 26.2 Å². The number of aromatic nitrogens is 2. The smallest absolute Gasteiger partial charge is 0.161 e. The van der Waals surface area contributed by atoms with E-state index in [1.165, 1.54) is 12.8 Å². The highest BCUT2D eigenvalue weighted by Gasteiger charge is 2.13. The number of hydrogen-bond donors (Lipinski definition) is 2. The Labute approximate surface area is 132 Å². The zero-order valence-electron chi connectivity index (χ0n) is 13.2. The van der Waals surface area contributed by atoms with Crippen LogP contribution in [0.25, 0.3) is 11.4 Å². The van der Waals surface area contributed by atoms with Gasteiger partial charge < -0.3 is 10.6 Å². The lowest BCUT2D eigenvalue weighted by Gasteiger charge is -2.23. The van der Waals surface area contributed by atoms with Crippen molar-refractivity contribution in [1.29, 1.82) is 0 Å². The minimum atomic E-state index is 0.689. The number of nitrogens with one attached hydrogen (secondary N) is 2. The summed E-state index contributed by atoms with van der Waals surface area (Å²) in [6.07, 6.45) is 3.48. The summed E-state index contributed by atoms with van der Waals surface area (Å²) >= 11 is 0. The maximum atomic E-state index is 4.69. The molecule has 1 aromatic carbocycles. The molecular formula is C18H24N4. The second-order valence-corrected chi connectivity index (χ2v) is 5.88. The largest absolute Gasteiger partial charge is 0.370 e. The molecule has 22 heavy (non-hydrogen) atoms. The van der Waals surface area contributed by atoms with Crippen LogP contribution in [0.3, 0.4) is 0 Å². The number of anilines is 1. The molecule has 1 aliphatic rings. The summed E-state index contributed by atoms with van der Waals surface area (Å²) in [4.78, 5) is 9.35. The van der Waals surface area contributed by atoms with Crippen LogP contribution in [0.15, 0.2) is 36.4 Å². The van der Waals surface area contributed by atoms with Crippen molar-refractivity contribution < 1.29 is 0 Å². The third-order valence-corrected chi connectivity index (χ3v) is 4.14. The molecule has 1 unspecified atom stereocenters. The van der Waals surface area contributed by atoms with Gasteiger partial charge in [-0.05, 0) is 38.3 Å². The van der Waals surface area contributed by atoms with Gasteiger partial charge in [0.2, 0.25) is 0 Å². The molecule has 1 fully saturated rings. The Bertz CT molecular complexity index is 591. The van der Waals surface area contributed by atoms with Crippen molar-refractivity contribution in [3.05, 3.63) is 42.1 Å². The zero-order valence-corrected chi connectivity index (χ0v) is 13.2. The molecule has 0 spiro atoms. The third kappa shape index (κ3) is 3.83. The molecule has 0 amide bonds. The van der Waals surface area contributed by atoms with E-state index in [2.05, 4.69) is 40.7 Å². The summed E-state index contributed by atoms with van der Waals surface area (Å²) in [6.45, 7) is 5.36. The van der Waals surface area contributed by atoms with E-state index < -0.39 is 0 Å². The fourth-order valence-electron chi connectivity index (χ4n) is 2.83. The number of piperidine rings is 1. The Morgan fingerprint density at radius 2 is 2.09 bits per heavy atom. The van der Waals surface area contributed by atoms with Crippen LogP contribution in [0.5, 0.6) is 0 Å². The monoisotopic (exact) mass is 296 g/mol. The summed E-state index contributed by atoms with van der Waals surface area (Å²) in [5, 5.41) is 6.97. The maximum Gasteiger partial charge on any atom is 0.161 e. The number of nitrogens with zero attached hydrogens (tertiary/aromatic N) is 2. The summed E-state index contributed by atoms with van der Waals surface area (Å²) in [5.74, 6) is 2.44. The van der Waals surface area contributed by atoms with Gasteiger partial charge in [0.05, 0.1) is 0 Å². The Kier molecular flexibility index (Phi) is 5.01. The maximum absolute atomic E-state index is 4.69. The molecule has 1 saturated heterocycles. The van der Waals surface area contributed by atoms with Crippen LogP contribution in [0.2, 0.25) is 0 Å². The molecule has 4 heteroatoms. The molecule has 0 saturated carbocycles. The van der Waals surface area contributed by atoms with E-state index in [-0.39, 0.29) is 0 Å². The first-order chi connectivity index (χ1) is 10.8. The lowest BCUT2D eigenvalue weighted by atomic mass is 10.00. The predicted molar refractivity (Wildman–Crippen MR) is 90.9 cm³/mol. The number of hydrogen-bond acceptors (Lipinski definition) is 4. The Morgan fingerprint density at radius 1 is 1.23 bits per heavy atom. The molecule has 1 aliphatic heterocycles. The van der Waals surface area contributed by atoms with E-state index in [4.69, 9.17) is 4.98 Å². The third-order valence-electron chi connectivity index (χ3n) is 4.14. The minimum Gasteiger partial charge on any atom is -0.370 e. The van der Waals surface area contributed by atoms with Gasteiger partial charge in [-0.1, -0.05) is 37.3 Å². The first-order valence-electron chi connectivity index (χ1n) is 8.23. The molecule has 3 rings (SSSR count). The van der Waals surface area contributed by atoms with Gasteiger partial charge >= 0.3 is 0 Å². The zero-order chi connectivity index (χ0) is 15.2. The fourth-order valence-corrected chi connectivity index (χ4v) is 2.83. The van der Waals surface area contributed by atoms with Gasteiger partial charge in [0.25, 0.3) is 0 Å². The van der Waals surface area contributed by atoms with Crippen LogP contribution in [0.4, 0.5) is 5.82 Å². The van der Waals surface area contributed by atoms with Gasteiger partial charge in [-0.3, -0.25) is 0 Å². The summed E-state index contributed by atoms with van der Waals surface area (Å²) in [7, 11) is 0. The second kappa shape index (κ2) is 7.36. The molecule has 2 N–H and O–H groups in total. The number of benzene rings is 1. The summed E-state index contributed by atoms with van der Waals surface area (Å²) in [5.41, 5.74) is 2.15. The van der Waals surface area contributed by atoms with Crippen LogP contribution in [0.1, 0.15) is 25.5 Å². The quantitative estimate of drug-likeness (QED) is 0.890. The van der Waals surface area contributed by atoms with Crippen molar-refractivity contribution >= 4 is 5.82 Å².